The molecule has 0 fully saturated rings. The van der Waals surface area contributed by atoms with Crippen molar-refractivity contribution in [2.24, 2.45) is 0 Å². The number of hydrogen-bond acceptors (Lipinski definition) is 3. The maximum absolute atomic E-state index is 10.3. The summed E-state index contributed by atoms with van der Waals surface area (Å²) < 4.78 is 0.603. The minimum Gasteiger partial charge on any atom is -0.545 e. The Bertz CT molecular complexity index is 303. The monoisotopic (exact) mass is 282 g/mol. The van der Waals surface area contributed by atoms with E-state index in [1.54, 1.807) is 0 Å². The van der Waals surface area contributed by atoms with Crippen LogP contribution in [0.5, 0.6) is 0 Å². The van der Waals surface area contributed by atoms with E-state index in [4.69, 9.17) is 11.6 Å². The zero-order valence-corrected chi connectivity index (χ0v) is 8.09. The summed E-state index contributed by atoms with van der Waals surface area (Å²) in [6.45, 7) is 0. The molecule has 0 bridgehead atoms. The molecular formula is C6H2ClINO2-. The third-order valence-electron chi connectivity index (χ3n) is 1.03. The number of carboxylic acid groups (broad SMARTS) is 1. The van der Waals surface area contributed by atoms with E-state index in [-0.39, 0.29) is 5.56 Å². The van der Waals surface area contributed by atoms with E-state index in [0.717, 1.165) is 0 Å². The Kier molecular flexibility index (Phi) is 2.67. The predicted octanol–water partition coefficient (Wildman–Crippen LogP) is 0.703. The molecule has 0 aromatic carbocycles. The van der Waals surface area contributed by atoms with Crippen molar-refractivity contribution >= 4 is 40.2 Å². The highest BCUT2D eigenvalue weighted by Gasteiger charge is 1.99. The molecule has 0 unspecified atom stereocenters. The number of hydrogen-bond donors (Lipinski definition) is 0. The first kappa shape index (κ1) is 8.73. The number of pyridine rings is 1. The minimum atomic E-state index is -1.24. The van der Waals surface area contributed by atoms with Crippen LogP contribution in [0.25, 0.3) is 0 Å². The molecule has 0 aliphatic carbocycles. The first-order valence-electron chi connectivity index (χ1n) is 2.63. The first-order chi connectivity index (χ1) is 5.11. The van der Waals surface area contributed by atoms with Crippen molar-refractivity contribution in [2.75, 3.05) is 0 Å². The van der Waals surface area contributed by atoms with Crippen molar-refractivity contribution in [3.8, 4) is 0 Å². The van der Waals surface area contributed by atoms with Crippen LogP contribution in [0.4, 0.5) is 0 Å². The highest BCUT2D eigenvalue weighted by molar-refractivity contribution is 14.1. The molecule has 1 aromatic heterocycles. The average molecular weight is 282 g/mol. The lowest BCUT2D eigenvalue weighted by Crippen LogP contribution is -2.22. The van der Waals surface area contributed by atoms with E-state index in [0.29, 0.717) is 8.72 Å². The normalized spacial score (nSPS) is 9.64. The number of aromatic carboxylic acids is 1. The van der Waals surface area contributed by atoms with E-state index in [1.807, 2.05) is 22.6 Å². The van der Waals surface area contributed by atoms with Crippen molar-refractivity contribution in [1.29, 1.82) is 0 Å². The lowest BCUT2D eigenvalue weighted by molar-refractivity contribution is -0.255. The molecule has 0 saturated heterocycles. The molecule has 0 spiro atoms. The van der Waals surface area contributed by atoms with Crippen LogP contribution in [0.1, 0.15) is 10.4 Å². The molecular weight excluding hydrogens is 280 g/mol. The van der Waals surface area contributed by atoms with Gasteiger partial charge in [-0.2, -0.15) is 0 Å². The predicted molar refractivity (Wildman–Crippen MR) is 46.3 cm³/mol. The first-order valence-corrected chi connectivity index (χ1v) is 4.09. The second kappa shape index (κ2) is 3.36. The average Bonchev–Trinajstić information content (AvgIpc) is 1.94. The number of carbonyl (C=O) groups excluding carboxylic acids is 1. The van der Waals surface area contributed by atoms with Crippen molar-refractivity contribution in [3.05, 3.63) is 26.5 Å². The third kappa shape index (κ3) is 2.03. The molecule has 0 atom stereocenters. The van der Waals surface area contributed by atoms with Gasteiger partial charge in [-0.1, -0.05) is 11.6 Å². The van der Waals surface area contributed by atoms with Crippen LogP contribution in [-0.2, 0) is 0 Å². The molecule has 5 heteroatoms. The molecule has 0 saturated carbocycles. The number of rotatable bonds is 1. The van der Waals surface area contributed by atoms with Crippen LogP contribution in [0.15, 0.2) is 12.3 Å². The number of aromatic nitrogens is 1. The minimum absolute atomic E-state index is 0.0406. The van der Waals surface area contributed by atoms with Crippen molar-refractivity contribution in [3.63, 3.8) is 0 Å². The fourth-order valence-electron chi connectivity index (χ4n) is 0.533. The van der Waals surface area contributed by atoms with Crippen LogP contribution >= 0.6 is 34.2 Å². The molecule has 0 radical (unpaired) electrons. The van der Waals surface area contributed by atoms with Gasteiger partial charge < -0.3 is 9.90 Å². The van der Waals surface area contributed by atoms with Crippen LogP contribution in [0.3, 0.4) is 0 Å². The number of carbonyl (C=O) groups is 1. The largest absolute Gasteiger partial charge is 0.545 e. The van der Waals surface area contributed by atoms with E-state index in [9.17, 15) is 9.90 Å². The van der Waals surface area contributed by atoms with Crippen LogP contribution < -0.4 is 5.11 Å². The molecule has 0 amide bonds. The second-order valence-corrected chi connectivity index (χ2v) is 3.30. The van der Waals surface area contributed by atoms with Gasteiger partial charge in [0.25, 0.3) is 0 Å². The summed E-state index contributed by atoms with van der Waals surface area (Å²) in [6, 6.07) is 1.41. The Hall–Kier alpha value is -0.360. The van der Waals surface area contributed by atoms with Crippen LogP contribution in [0.2, 0.25) is 5.15 Å². The molecule has 1 aromatic rings. The van der Waals surface area contributed by atoms with Gasteiger partial charge in [-0.25, -0.2) is 4.98 Å². The summed E-state index contributed by atoms with van der Waals surface area (Å²) in [7, 11) is 0. The molecule has 0 aliphatic rings. The Morgan fingerprint density at radius 2 is 2.36 bits per heavy atom. The summed E-state index contributed by atoms with van der Waals surface area (Å²) in [5.74, 6) is -1.24. The zero-order valence-electron chi connectivity index (χ0n) is 5.17. The molecule has 58 valence electrons. The summed E-state index contributed by atoms with van der Waals surface area (Å²) in [4.78, 5) is 13.9. The smallest absolute Gasteiger partial charge is 0.142 e. The van der Waals surface area contributed by atoms with Gasteiger partial charge in [0.15, 0.2) is 0 Å². The van der Waals surface area contributed by atoms with Crippen LogP contribution in [-0.4, -0.2) is 11.0 Å². The third-order valence-corrected chi connectivity index (χ3v) is 2.47. The van der Waals surface area contributed by atoms with E-state index in [2.05, 4.69) is 4.98 Å². The Morgan fingerprint density at radius 1 is 1.73 bits per heavy atom. The fraction of sp³-hybridized carbons (Fsp3) is 0. The van der Waals surface area contributed by atoms with Gasteiger partial charge in [-0.05, 0) is 28.7 Å². The zero-order chi connectivity index (χ0) is 8.43. The molecule has 3 nitrogen and oxygen atoms in total. The Morgan fingerprint density at radius 3 is 2.82 bits per heavy atom. The van der Waals surface area contributed by atoms with E-state index < -0.39 is 5.97 Å². The summed E-state index contributed by atoms with van der Waals surface area (Å²) in [6.07, 6.45) is 1.17. The molecule has 1 rings (SSSR count). The van der Waals surface area contributed by atoms with Crippen LogP contribution in [0, 0.1) is 3.57 Å². The highest BCUT2D eigenvalue weighted by Crippen LogP contribution is 2.15. The molecule has 11 heavy (non-hydrogen) atoms. The lowest BCUT2D eigenvalue weighted by atomic mass is 10.3. The van der Waals surface area contributed by atoms with E-state index >= 15 is 0 Å². The molecule has 0 aliphatic heterocycles. The lowest BCUT2D eigenvalue weighted by Gasteiger charge is -2.01. The second-order valence-electron chi connectivity index (χ2n) is 1.78. The van der Waals surface area contributed by atoms with Gasteiger partial charge in [0.05, 0.1) is 9.54 Å². The van der Waals surface area contributed by atoms with Crippen molar-refractivity contribution in [2.45, 2.75) is 0 Å². The number of nitrogens with zero attached hydrogens (tertiary/aromatic N) is 1. The summed E-state index contributed by atoms with van der Waals surface area (Å²) in [5, 5.41) is 10.6. The van der Waals surface area contributed by atoms with Crippen molar-refractivity contribution < 1.29 is 9.90 Å². The van der Waals surface area contributed by atoms with Gasteiger partial charge in [0, 0.05) is 11.8 Å². The Labute approximate surface area is 81.5 Å². The Balaban J connectivity index is 3.15. The van der Waals surface area contributed by atoms with Gasteiger partial charge in [0.2, 0.25) is 0 Å². The summed E-state index contributed by atoms with van der Waals surface area (Å²) in [5.41, 5.74) is 0.0406. The maximum atomic E-state index is 10.3. The standard InChI is InChI=1S/C6H3ClINO2/c7-5-4(8)1-3(2-9-5)6(10)11/h1-2H,(H,10,11)/p-1. The summed E-state index contributed by atoms with van der Waals surface area (Å²) >= 11 is 7.45. The van der Waals surface area contributed by atoms with Crippen molar-refractivity contribution in [1.82, 2.24) is 4.98 Å². The molecule has 0 N–H and O–H groups in total. The van der Waals surface area contributed by atoms with E-state index in [1.165, 1.54) is 12.3 Å². The number of halogens is 2. The van der Waals surface area contributed by atoms with Gasteiger partial charge >= 0.3 is 0 Å². The quantitative estimate of drug-likeness (QED) is 0.563. The SMILES string of the molecule is O=C([O-])c1cnc(Cl)c(I)c1. The molecule has 1 heterocycles. The van der Waals surface area contributed by atoms with Gasteiger partial charge in [0.1, 0.15) is 5.15 Å². The topological polar surface area (TPSA) is 53.0 Å². The fourth-order valence-corrected chi connectivity index (χ4v) is 1.11. The van der Waals surface area contributed by atoms with Gasteiger partial charge in [-0.3, -0.25) is 0 Å². The highest BCUT2D eigenvalue weighted by atomic mass is 127. The van der Waals surface area contributed by atoms with Gasteiger partial charge in [-0.15, -0.1) is 0 Å². The maximum Gasteiger partial charge on any atom is 0.142 e. The number of carboxylic acids is 1.